The van der Waals surface area contributed by atoms with E-state index < -0.39 is 34.0 Å². The first-order valence-corrected chi connectivity index (χ1v) is 22.1. The quantitative estimate of drug-likeness (QED) is 0.0426. The number of nitrogens with two attached hydrogens (primary N) is 2. The minimum atomic E-state index is -3.67. The molecule has 344 valence electrons. The summed E-state index contributed by atoms with van der Waals surface area (Å²) < 4.78 is 91.9. The van der Waals surface area contributed by atoms with Crippen molar-refractivity contribution >= 4 is 21.9 Å². The fraction of sp³-hybridized carbons (Fsp3) is 0.224. The molecule has 0 unspecified atom stereocenters. The van der Waals surface area contributed by atoms with Gasteiger partial charge in [0.15, 0.2) is 0 Å². The summed E-state index contributed by atoms with van der Waals surface area (Å²) in [6.45, 7) is 4.72. The Morgan fingerprint density at radius 2 is 0.846 bits per heavy atom. The highest BCUT2D eigenvalue weighted by Crippen LogP contribution is 2.27. The molecule has 0 bridgehead atoms. The molecule has 0 saturated carbocycles. The van der Waals surface area contributed by atoms with Crippen molar-refractivity contribution in [2.75, 3.05) is 6.26 Å². The van der Waals surface area contributed by atoms with Gasteiger partial charge in [0.1, 0.15) is 48.0 Å². The minimum absolute atomic E-state index is 0.213. The molecule has 2 amide bonds. The zero-order valence-corrected chi connectivity index (χ0v) is 36.9. The van der Waals surface area contributed by atoms with Crippen LogP contribution >= 0.6 is 0 Å². The Morgan fingerprint density at radius 1 is 0.538 bits per heavy atom. The summed E-state index contributed by atoms with van der Waals surface area (Å²) in [7, 11) is -3.67. The summed E-state index contributed by atoms with van der Waals surface area (Å²) in [5.74, 6) is -0.826. The fourth-order valence-electron chi connectivity index (χ4n) is 6.10. The van der Waals surface area contributed by atoms with Crippen molar-refractivity contribution in [3.8, 4) is 11.5 Å². The lowest BCUT2D eigenvalue weighted by molar-refractivity contribution is -0.120. The van der Waals surface area contributed by atoms with Gasteiger partial charge in [-0.15, -0.1) is 0 Å². The Kier molecular flexibility index (Phi) is 19.7. The Bertz CT molecular complexity index is 2460. The number of amides is 2. The van der Waals surface area contributed by atoms with Crippen LogP contribution < -0.4 is 31.6 Å². The Labute approximate surface area is 376 Å². The van der Waals surface area contributed by atoms with Crippen molar-refractivity contribution in [3.05, 3.63) is 201 Å². The van der Waals surface area contributed by atoms with Crippen molar-refractivity contribution in [2.24, 2.45) is 11.5 Å². The number of hydrogen-bond acceptors (Lipinski definition) is 8. The zero-order chi connectivity index (χ0) is 47.5. The Hall–Kier alpha value is -6.59. The number of hydrogen-bond donors (Lipinski definition) is 5. The van der Waals surface area contributed by atoms with Gasteiger partial charge in [-0.2, -0.15) is 8.42 Å². The summed E-state index contributed by atoms with van der Waals surface area (Å²) in [5, 5.41) is 6.13. The van der Waals surface area contributed by atoms with E-state index in [9.17, 15) is 35.6 Å². The van der Waals surface area contributed by atoms with Crippen LogP contribution in [0.1, 0.15) is 58.4 Å². The van der Waals surface area contributed by atoms with Gasteiger partial charge >= 0.3 is 0 Å². The van der Waals surface area contributed by atoms with E-state index in [1.54, 1.807) is 50.2 Å². The Balaban J connectivity index is 0.000000258. The van der Waals surface area contributed by atoms with Crippen LogP contribution in [-0.2, 0) is 58.9 Å². The van der Waals surface area contributed by atoms with E-state index in [1.165, 1.54) is 48.5 Å². The monoisotopic (exact) mass is 916 g/mol. The van der Waals surface area contributed by atoms with Crippen LogP contribution in [-0.4, -0.2) is 43.1 Å². The molecule has 6 rings (SSSR count). The predicted octanol–water partition coefficient (Wildman–Crippen LogP) is 7.70. The zero-order valence-electron chi connectivity index (χ0n) is 36.1. The van der Waals surface area contributed by atoms with Crippen LogP contribution in [0.15, 0.2) is 133 Å². The Morgan fingerprint density at radius 3 is 1.15 bits per heavy atom. The number of halogens is 4. The van der Waals surface area contributed by atoms with E-state index in [1.807, 2.05) is 48.5 Å². The molecular formula is C49H52F4N4O7S. The first-order chi connectivity index (χ1) is 30.8. The van der Waals surface area contributed by atoms with E-state index >= 15 is 0 Å². The van der Waals surface area contributed by atoms with Gasteiger partial charge < -0.3 is 31.6 Å². The predicted molar refractivity (Wildman–Crippen MR) is 241 cm³/mol. The summed E-state index contributed by atoms with van der Waals surface area (Å²) >= 11 is 0. The molecule has 0 aliphatic rings. The normalized spacial score (nSPS) is 11.8. The second-order valence-corrected chi connectivity index (χ2v) is 16.5. The van der Waals surface area contributed by atoms with E-state index in [0.717, 1.165) is 33.4 Å². The molecule has 0 heterocycles. The molecule has 16 heteroatoms. The van der Waals surface area contributed by atoms with E-state index in [0.29, 0.717) is 54.8 Å². The third-order valence-electron chi connectivity index (χ3n) is 9.46. The van der Waals surface area contributed by atoms with E-state index in [2.05, 4.69) is 10.6 Å². The van der Waals surface area contributed by atoms with Crippen molar-refractivity contribution in [3.63, 3.8) is 0 Å². The largest absolute Gasteiger partial charge is 0.489 e. The van der Waals surface area contributed by atoms with Crippen LogP contribution in [0.5, 0.6) is 11.5 Å². The molecule has 0 aliphatic carbocycles. The second-order valence-electron chi connectivity index (χ2n) is 15.1. The summed E-state index contributed by atoms with van der Waals surface area (Å²) in [4.78, 5) is 22.5. The molecular weight excluding hydrogens is 865 g/mol. The van der Waals surface area contributed by atoms with Gasteiger partial charge in [0.05, 0.1) is 18.3 Å². The number of carbonyl (C=O) groups excluding carboxylic acids is 2. The molecule has 2 atom stereocenters. The molecule has 0 saturated heterocycles. The highest BCUT2D eigenvalue weighted by molar-refractivity contribution is 7.85. The molecule has 0 fully saturated rings. The third-order valence-corrected chi connectivity index (χ3v) is 9.46. The van der Waals surface area contributed by atoms with Gasteiger partial charge in [0.2, 0.25) is 11.8 Å². The highest BCUT2D eigenvalue weighted by atomic mass is 32.2. The van der Waals surface area contributed by atoms with Crippen LogP contribution in [0.25, 0.3) is 0 Å². The van der Waals surface area contributed by atoms with Crippen molar-refractivity contribution < 1.29 is 49.6 Å². The van der Waals surface area contributed by atoms with Crippen LogP contribution in [0.3, 0.4) is 0 Å². The topological polar surface area (TPSA) is 183 Å². The summed E-state index contributed by atoms with van der Waals surface area (Å²) in [6, 6.07) is 35.7. The standard InChI is InChI=1S/2C24H24F2N2O2.CH4O3S/c2*1-16(24(27)29)28-14-18-8-9-23(30-15-19-5-3-7-22(26)13-19)20(11-18)10-17-4-2-6-21(25)12-17;1-5(2,3)4/h2*2-9,11-13,16,28H,10,14-15H2,1H3,(H2,27,29);1H3,(H,2,3,4)/t2*16-;/m00./s1. The molecule has 6 aromatic rings. The van der Waals surface area contributed by atoms with Gasteiger partial charge in [-0.1, -0.05) is 72.8 Å². The highest BCUT2D eigenvalue weighted by Gasteiger charge is 2.13. The van der Waals surface area contributed by atoms with Crippen LogP contribution in [0, 0.1) is 23.3 Å². The first-order valence-electron chi connectivity index (χ1n) is 20.3. The maximum absolute atomic E-state index is 13.6. The minimum Gasteiger partial charge on any atom is -0.489 e. The maximum Gasteiger partial charge on any atom is 0.261 e. The number of nitrogens with one attached hydrogen (secondary N) is 2. The molecule has 0 aliphatic heterocycles. The third kappa shape index (κ3) is 19.4. The summed E-state index contributed by atoms with van der Waals surface area (Å²) in [5.41, 5.74) is 17.2. The smallest absolute Gasteiger partial charge is 0.261 e. The second kappa shape index (κ2) is 25.0. The van der Waals surface area contributed by atoms with Gasteiger partial charge in [-0.3, -0.25) is 14.1 Å². The number of carbonyl (C=O) groups is 2. The number of rotatable bonds is 18. The maximum atomic E-state index is 13.6. The SMILES string of the molecule is CS(=O)(=O)O.C[C@H](NCc1ccc(OCc2cccc(F)c2)c(Cc2cccc(F)c2)c1)C(N)=O.C[C@H](NCc1ccc(OCc2cccc(F)c2)c(Cc2cccc(F)c2)c1)C(N)=O. The number of ether oxygens (including phenoxy) is 2. The number of primary amides is 2. The molecule has 6 aromatic carbocycles. The van der Waals surface area contributed by atoms with Gasteiger partial charge in [0.25, 0.3) is 10.1 Å². The van der Waals surface area contributed by atoms with Gasteiger partial charge in [0, 0.05) is 25.9 Å². The van der Waals surface area contributed by atoms with E-state index in [-0.39, 0.29) is 36.5 Å². The lowest BCUT2D eigenvalue weighted by atomic mass is 10.0. The van der Waals surface area contributed by atoms with Crippen LogP contribution in [0.4, 0.5) is 17.6 Å². The fourth-order valence-corrected chi connectivity index (χ4v) is 6.10. The average molecular weight is 917 g/mol. The first kappa shape index (κ1) is 51.0. The average Bonchev–Trinajstić information content (AvgIpc) is 3.23. The number of benzene rings is 6. The van der Waals surface area contributed by atoms with Gasteiger partial charge in [-0.25, -0.2) is 17.6 Å². The summed E-state index contributed by atoms with van der Waals surface area (Å²) in [6.07, 6.45) is 1.65. The molecule has 0 radical (unpaired) electrons. The molecule has 0 aromatic heterocycles. The van der Waals surface area contributed by atoms with Crippen molar-refractivity contribution in [1.29, 1.82) is 0 Å². The van der Waals surface area contributed by atoms with Crippen molar-refractivity contribution in [2.45, 2.75) is 65.1 Å². The molecule has 11 nitrogen and oxygen atoms in total. The molecule has 7 N–H and O–H groups in total. The molecule has 65 heavy (non-hydrogen) atoms. The van der Waals surface area contributed by atoms with Crippen LogP contribution in [0.2, 0.25) is 0 Å². The van der Waals surface area contributed by atoms with E-state index in [4.69, 9.17) is 25.5 Å². The lowest BCUT2D eigenvalue weighted by Crippen LogP contribution is -2.38. The lowest BCUT2D eigenvalue weighted by Gasteiger charge is -2.15. The molecule has 0 spiro atoms. The van der Waals surface area contributed by atoms with Crippen molar-refractivity contribution in [1.82, 2.24) is 10.6 Å². The van der Waals surface area contributed by atoms with Gasteiger partial charge in [-0.05, 0) is 119 Å².